The lowest BCUT2D eigenvalue weighted by atomic mass is 10.0. The summed E-state index contributed by atoms with van der Waals surface area (Å²) in [5.41, 5.74) is 2.48. The minimum atomic E-state index is 0.0891. The van der Waals surface area contributed by atoms with Crippen molar-refractivity contribution in [2.24, 2.45) is 0 Å². The molecule has 0 saturated carbocycles. The second kappa shape index (κ2) is 9.10. The maximum atomic E-state index is 11.9. The molecule has 0 heterocycles. The molecule has 1 rings (SSSR count). The van der Waals surface area contributed by atoms with Crippen LogP contribution in [0.4, 0.5) is 0 Å². The van der Waals surface area contributed by atoms with Crippen LogP contribution >= 0.6 is 15.9 Å². The third kappa shape index (κ3) is 6.21. The van der Waals surface area contributed by atoms with E-state index >= 15 is 0 Å². The fourth-order valence-corrected chi connectivity index (χ4v) is 2.52. The number of halogens is 1. The Bertz CT molecular complexity index is 389. The second-order valence-corrected chi connectivity index (χ2v) is 5.42. The summed E-state index contributed by atoms with van der Waals surface area (Å²) in [4.78, 5) is 11.9. The first kappa shape index (κ1) is 16.2. The van der Waals surface area contributed by atoms with Gasteiger partial charge in [-0.3, -0.25) is 4.79 Å². The van der Waals surface area contributed by atoms with Crippen molar-refractivity contribution in [3.63, 3.8) is 0 Å². The Hall–Kier alpha value is -0.870. The first-order valence-electron chi connectivity index (χ1n) is 6.56. The van der Waals surface area contributed by atoms with Gasteiger partial charge in [-0.2, -0.15) is 0 Å². The molecule has 0 aliphatic carbocycles. The van der Waals surface area contributed by atoms with Gasteiger partial charge in [0, 0.05) is 18.9 Å². The van der Waals surface area contributed by atoms with E-state index in [0.717, 1.165) is 18.2 Å². The second-order valence-electron chi connectivity index (χ2n) is 4.62. The summed E-state index contributed by atoms with van der Waals surface area (Å²) in [5, 5.41) is 3.87. The molecule has 0 radical (unpaired) electrons. The van der Waals surface area contributed by atoms with Gasteiger partial charge in [0.1, 0.15) is 0 Å². The van der Waals surface area contributed by atoms with Crippen LogP contribution in [0.1, 0.15) is 24.0 Å². The molecule has 19 heavy (non-hydrogen) atoms. The van der Waals surface area contributed by atoms with Crippen LogP contribution < -0.4 is 5.32 Å². The average molecular weight is 328 g/mol. The summed E-state index contributed by atoms with van der Waals surface area (Å²) in [6.07, 6.45) is 2.18. The van der Waals surface area contributed by atoms with Crippen LogP contribution in [-0.4, -0.2) is 31.0 Å². The largest absolute Gasteiger partial charge is 0.383 e. The van der Waals surface area contributed by atoms with Crippen molar-refractivity contribution in [1.82, 2.24) is 5.32 Å². The van der Waals surface area contributed by atoms with Crippen molar-refractivity contribution < 1.29 is 9.53 Å². The highest BCUT2D eigenvalue weighted by molar-refractivity contribution is 9.09. The fraction of sp³-hybridized carbons (Fsp3) is 0.533. The van der Waals surface area contributed by atoms with Gasteiger partial charge in [-0.25, -0.2) is 0 Å². The number of hydrogen-bond acceptors (Lipinski definition) is 2. The topological polar surface area (TPSA) is 38.3 Å². The lowest BCUT2D eigenvalue weighted by Crippen LogP contribution is -2.38. The van der Waals surface area contributed by atoms with E-state index < -0.39 is 0 Å². The number of methoxy groups -OCH3 is 1. The van der Waals surface area contributed by atoms with Gasteiger partial charge in [0.15, 0.2) is 0 Å². The molecular formula is C15H22BrNO2. The van der Waals surface area contributed by atoms with Gasteiger partial charge in [0.05, 0.1) is 12.6 Å². The molecule has 0 aliphatic heterocycles. The number of aryl methyl sites for hydroxylation is 2. The standard InChI is InChI=1S/C15H22BrNO2/c1-12-5-3-4-6-13(12)7-8-15(18)17-14(9-10-16)11-19-2/h3-6,14H,7-11H2,1-2H3,(H,17,18). The molecule has 1 aromatic carbocycles. The van der Waals surface area contributed by atoms with Crippen LogP contribution in [0.3, 0.4) is 0 Å². The number of alkyl halides is 1. The molecular weight excluding hydrogens is 306 g/mol. The fourth-order valence-electron chi connectivity index (χ4n) is 1.97. The number of carbonyl (C=O) groups is 1. The van der Waals surface area contributed by atoms with Crippen LogP contribution in [0.25, 0.3) is 0 Å². The third-order valence-electron chi connectivity index (χ3n) is 3.07. The molecule has 0 fully saturated rings. The molecule has 3 nitrogen and oxygen atoms in total. The Balaban J connectivity index is 2.40. The number of amides is 1. The SMILES string of the molecule is COCC(CCBr)NC(=O)CCc1ccccc1C. The minimum Gasteiger partial charge on any atom is -0.383 e. The summed E-state index contributed by atoms with van der Waals surface area (Å²) in [6, 6.07) is 8.27. The Kier molecular flexibility index (Phi) is 7.75. The minimum absolute atomic E-state index is 0.0891. The predicted octanol–water partition coefficient (Wildman–Crippen LogP) is 2.84. The van der Waals surface area contributed by atoms with E-state index in [1.807, 2.05) is 12.1 Å². The van der Waals surface area contributed by atoms with Crippen molar-refractivity contribution in [3.05, 3.63) is 35.4 Å². The van der Waals surface area contributed by atoms with Gasteiger partial charge in [0.25, 0.3) is 0 Å². The van der Waals surface area contributed by atoms with Crippen molar-refractivity contribution in [2.45, 2.75) is 32.2 Å². The molecule has 1 atom stereocenters. The predicted molar refractivity (Wildman–Crippen MR) is 81.7 cm³/mol. The molecule has 0 aromatic heterocycles. The third-order valence-corrected chi connectivity index (χ3v) is 3.53. The monoisotopic (exact) mass is 327 g/mol. The molecule has 1 aromatic rings. The van der Waals surface area contributed by atoms with Gasteiger partial charge in [0.2, 0.25) is 5.91 Å². The van der Waals surface area contributed by atoms with Crippen molar-refractivity contribution in [1.29, 1.82) is 0 Å². The van der Waals surface area contributed by atoms with E-state index in [4.69, 9.17) is 4.74 Å². The summed E-state index contributed by atoms with van der Waals surface area (Å²) in [6.45, 7) is 2.63. The quantitative estimate of drug-likeness (QED) is 0.745. The Morgan fingerprint density at radius 2 is 2.16 bits per heavy atom. The number of ether oxygens (including phenoxy) is 1. The number of benzene rings is 1. The highest BCUT2D eigenvalue weighted by Crippen LogP contribution is 2.09. The van der Waals surface area contributed by atoms with E-state index in [9.17, 15) is 4.79 Å². The van der Waals surface area contributed by atoms with Gasteiger partial charge < -0.3 is 10.1 Å². The van der Waals surface area contributed by atoms with Crippen molar-refractivity contribution >= 4 is 21.8 Å². The van der Waals surface area contributed by atoms with Crippen LogP contribution in [0.2, 0.25) is 0 Å². The van der Waals surface area contributed by atoms with Crippen molar-refractivity contribution in [3.8, 4) is 0 Å². The maximum Gasteiger partial charge on any atom is 0.220 e. The lowest BCUT2D eigenvalue weighted by molar-refractivity contribution is -0.122. The van der Waals surface area contributed by atoms with Gasteiger partial charge in [-0.15, -0.1) is 0 Å². The van der Waals surface area contributed by atoms with Crippen LogP contribution in [0.5, 0.6) is 0 Å². The zero-order valence-electron chi connectivity index (χ0n) is 11.6. The molecule has 1 unspecified atom stereocenters. The maximum absolute atomic E-state index is 11.9. The van der Waals surface area contributed by atoms with E-state index in [1.54, 1.807) is 7.11 Å². The number of hydrogen-bond donors (Lipinski definition) is 1. The van der Waals surface area contributed by atoms with Crippen LogP contribution in [0, 0.1) is 6.92 Å². The summed E-state index contributed by atoms with van der Waals surface area (Å²) in [5.74, 6) is 0.0891. The Morgan fingerprint density at radius 3 is 2.79 bits per heavy atom. The molecule has 1 amide bonds. The summed E-state index contributed by atoms with van der Waals surface area (Å²) in [7, 11) is 1.65. The number of rotatable bonds is 8. The van der Waals surface area contributed by atoms with E-state index in [-0.39, 0.29) is 11.9 Å². The van der Waals surface area contributed by atoms with Gasteiger partial charge in [-0.1, -0.05) is 40.2 Å². The van der Waals surface area contributed by atoms with E-state index in [2.05, 4.69) is 40.3 Å². The highest BCUT2D eigenvalue weighted by atomic mass is 79.9. The molecule has 0 saturated heterocycles. The molecule has 106 valence electrons. The number of carbonyl (C=O) groups excluding carboxylic acids is 1. The first-order chi connectivity index (χ1) is 9.17. The summed E-state index contributed by atoms with van der Waals surface area (Å²) >= 11 is 3.39. The highest BCUT2D eigenvalue weighted by Gasteiger charge is 2.11. The van der Waals surface area contributed by atoms with E-state index in [1.165, 1.54) is 11.1 Å². The molecule has 1 N–H and O–H groups in total. The van der Waals surface area contributed by atoms with Gasteiger partial charge >= 0.3 is 0 Å². The Morgan fingerprint density at radius 1 is 1.42 bits per heavy atom. The normalized spacial score (nSPS) is 12.2. The molecule has 4 heteroatoms. The average Bonchev–Trinajstić information content (AvgIpc) is 2.38. The lowest BCUT2D eigenvalue weighted by Gasteiger charge is -2.17. The Labute approximate surface area is 123 Å². The van der Waals surface area contributed by atoms with Crippen LogP contribution in [-0.2, 0) is 16.0 Å². The van der Waals surface area contributed by atoms with Crippen molar-refractivity contribution in [2.75, 3.05) is 19.0 Å². The van der Waals surface area contributed by atoms with Gasteiger partial charge in [-0.05, 0) is 30.9 Å². The first-order valence-corrected chi connectivity index (χ1v) is 7.68. The summed E-state index contributed by atoms with van der Waals surface area (Å²) < 4.78 is 5.10. The molecule has 0 bridgehead atoms. The molecule has 0 aliphatic rings. The molecule has 0 spiro atoms. The number of nitrogens with one attached hydrogen (secondary N) is 1. The smallest absolute Gasteiger partial charge is 0.220 e. The van der Waals surface area contributed by atoms with Crippen LogP contribution in [0.15, 0.2) is 24.3 Å². The van der Waals surface area contributed by atoms with E-state index in [0.29, 0.717) is 13.0 Å². The zero-order chi connectivity index (χ0) is 14.1. The zero-order valence-corrected chi connectivity index (χ0v) is 13.2.